The van der Waals surface area contributed by atoms with E-state index >= 15 is 0 Å². The zero-order valence-corrected chi connectivity index (χ0v) is 17.0. The van der Waals surface area contributed by atoms with Crippen molar-refractivity contribution in [3.8, 4) is 0 Å². The number of benzene rings is 1. The number of aromatic nitrogens is 2. The first kappa shape index (κ1) is 21.4. The van der Waals surface area contributed by atoms with E-state index in [9.17, 15) is 14.4 Å². The van der Waals surface area contributed by atoms with Gasteiger partial charge in [0.25, 0.3) is 11.5 Å². The number of carbonyl (C=O) groups excluding carboxylic acids is 1. The molecule has 0 aliphatic rings. The predicted molar refractivity (Wildman–Crippen MR) is 110 cm³/mol. The molecule has 1 aromatic heterocycles. The van der Waals surface area contributed by atoms with Crippen LogP contribution in [0, 0.1) is 19.8 Å². The van der Waals surface area contributed by atoms with E-state index in [1.807, 2.05) is 33.8 Å². The van der Waals surface area contributed by atoms with Crippen LogP contribution in [0.25, 0.3) is 0 Å². The van der Waals surface area contributed by atoms with Gasteiger partial charge >= 0.3 is 5.69 Å². The molecule has 0 bridgehead atoms. The number of nitrogen functional groups attached to an aromatic ring is 1. The van der Waals surface area contributed by atoms with Crippen molar-refractivity contribution < 1.29 is 9.53 Å². The van der Waals surface area contributed by atoms with Gasteiger partial charge in [-0.25, -0.2) is 4.79 Å². The molecule has 0 spiro atoms. The number of nitrogens with two attached hydrogens (primary N) is 1. The van der Waals surface area contributed by atoms with Crippen LogP contribution in [0.2, 0.25) is 0 Å². The maximum Gasteiger partial charge on any atom is 0.330 e. The van der Waals surface area contributed by atoms with Gasteiger partial charge in [-0.05, 0) is 37.0 Å². The number of aryl methyl sites for hydroxylation is 1. The Morgan fingerprint density at radius 3 is 2.57 bits per heavy atom. The lowest BCUT2D eigenvalue weighted by molar-refractivity contribution is 0.0975. The SMILES string of the molecule is COCCN(C(=O)c1cccc(C)c1C)c1c(N)n(CC(C)C)c(=O)[nH]c1=O. The van der Waals surface area contributed by atoms with Crippen molar-refractivity contribution in [1.82, 2.24) is 9.55 Å². The van der Waals surface area contributed by atoms with Crippen LogP contribution in [-0.4, -0.2) is 35.7 Å². The lowest BCUT2D eigenvalue weighted by Crippen LogP contribution is -2.43. The number of aromatic amines is 1. The fourth-order valence-electron chi connectivity index (χ4n) is 3.01. The van der Waals surface area contributed by atoms with Gasteiger partial charge in [-0.2, -0.15) is 0 Å². The van der Waals surface area contributed by atoms with Crippen LogP contribution in [0.5, 0.6) is 0 Å². The molecular weight excluding hydrogens is 360 g/mol. The van der Waals surface area contributed by atoms with Crippen molar-refractivity contribution >= 4 is 17.4 Å². The third-order valence-corrected chi connectivity index (χ3v) is 4.63. The van der Waals surface area contributed by atoms with E-state index in [0.29, 0.717) is 12.1 Å². The van der Waals surface area contributed by atoms with Crippen molar-refractivity contribution in [3.63, 3.8) is 0 Å². The summed E-state index contributed by atoms with van der Waals surface area (Å²) in [5.41, 5.74) is 7.12. The third-order valence-electron chi connectivity index (χ3n) is 4.63. The van der Waals surface area contributed by atoms with Gasteiger partial charge in [0.05, 0.1) is 6.61 Å². The van der Waals surface area contributed by atoms with E-state index in [2.05, 4.69) is 4.98 Å². The second-order valence-corrected chi connectivity index (χ2v) is 7.19. The average molecular weight is 388 g/mol. The highest BCUT2D eigenvalue weighted by molar-refractivity contribution is 6.08. The molecule has 28 heavy (non-hydrogen) atoms. The van der Waals surface area contributed by atoms with E-state index in [-0.39, 0.29) is 36.5 Å². The summed E-state index contributed by atoms with van der Waals surface area (Å²) < 4.78 is 6.41. The molecule has 2 rings (SSSR count). The molecule has 8 nitrogen and oxygen atoms in total. The quantitative estimate of drug-likeness (QED) is 0.750. The van der Waals surface area contributed by atoms with E-state index < -0.39 is 11.2 Å². The first-order chi connectivity index (χ1) is 13.2. The number of carbonyl (C=O) groups is 1. The average Bonchev–Trinajstić information content (AvgIpc) is 2.62. The van der Waals surface area contributed by atoms with Crippen molar-refractivity contribution in [3.05, 3.63) is 55.7 Å². The molecule has 0 atom stereocenters. The molecule has 1 aromatic carbocycles. The van der Waals surface area contributed by atoms with Crippen LogP contribution in [0.3, 0.4) is 0 Å². The molecule has 8 heteroatoms. The molecule has 1 amide bonds. The van der Waals surface area contributed by atoms with Crippen LogP contribution in [0.1, 0.15) is 35.3 Å². The molecular formula is C20H28N4O4. The maximum absolute atomic E-state index is 13.3. The summed E-state index contributed by atoms with van der Waals surface area (Å²) in [6.45, 7) is 8.28. The Labute approximate surface area is 163 Å². The third kappa shape index (κ3) is 4.33. The molecule has 152 valence electrons. The lowest BCUT2D eigenvalue weighted by atomic mass is 10.0. The largest absolute Gasteiger partial charge is 0.383 e. The topological polar surface area (TPSA) is 110 Å². The summed E-state index contributed by atoms with van der Waals surface area (Å²) in [4.78, 5) is 41.7. The molecule has 0 fully saturated rings. The number of anilines is 2. The van der Waals surface area contributed by atoms with E-state index in [0.717, 1.165) is 11.1 Å². The minimum atomic E-state index is -0.697. The van der Waals surface area contributed by atoms with E-state index in [4.69, 9.17) is 10.5 Å². The Morgan fingerprint density at radius 2 is 1.96 bits per heavy atom. The highest BCUT2D eigenvalue weighted by atomic mass is 16.5. The van der Waals surface area contributed by atoms with Crippen LogP contribution in [-0.2, 0) is 11.3 Å². The Balaban J connectivity index is 2.66. The molecule has 2 aromatic rings. The Bertz CT molecular complexity index is 975. The minimum Gasteiger partial charge on any atom is -0.383 e. The van der Waals surface area contributed by atoms with Crippen molar-refractivity contribution in [1.29, 1.82) is 0 Å². The smallest absolute Gasteiger partial charge is 0.330 e. The van der Waals surface area contributed by atoms with Gasteiger partial charge in [-0.1, -0.05) is 26.0 Å². The second-order valence-electron chi connectivity index (χ2n) is 7.19. The first-order valence-corrected chi connectivity index (χ1v) is 9.18. The summed E-state index contributed by atoms with van der Waals surface area (Å²) in [6.07, 6.45) is 0. The van der Waals surface area contributed by atoms with Crippen LogP contribution >= 0.6 is 0 Å². The predicted octanol–water partition coefficient (Wildman–Crippen LogP) is 1.68. The fourth-order valence-corrected chi connectivity index (χ4v) is 3.01. The van der Waals surface area contributed by atoms with Gasteiger partial charge in [0.15, 0.2) is 5.69 Å². The molecule has 0 saturated heterocycles. The zero-order chi connectivity index (χ0) is 21.0. The number of nitrogens with one attached hydrogen (secondary N) is 1. The van der Waals surface area contributed by atoms with Crippen molar-refractivity contribution in [2.75, 3.05) is 30.9 Å². The monoisotopic (exact) mass is 388 g/mol. The molecule has 0 aliphatic carbocycles. The standard InChI is InChI=1S/C20H28N4O4/c1-12(2)11-24-17(21)16(18(25)22-20(24)27)23(9-10-28-5)19(26)15-8-6-7-13(3)14(15)4/h6-8,12H,9-11,21H2,1-5H3,(H,22,25,27). The van der Waals surface area contributed by atoms with Crippen molar-refractivity contribution in [2.24, 2.45) is 5.92 Å². The van der Waals surface area contributed by atoms with Crippen LogP contribution in [0.4, 0.5) is 11.5 Å². The summed E-state index contributed by atoms with van der Waals surface area (Å²) in [5.74, 6) is -0.275. The second kappa shape index (κ2) is 8.88. The summed E-state index contributed by atoms with van der Waals surface area (Å²) in [6, 6.07) is 5.41. The Morgan fingerprint density at radius 1 is 1.29 bits per heavy atom. The van der Waals surface area contributed by atoms with Crippen LogP contribution in [0.15, 0.2) is 27.8 Å². The van der Waals surface area contributed by atoms with Gasteiger partial charge in [-0.3, -0.25) is 24.0 Å². The van der Waals surface area contributed by atoms with Gasteiger partial charge in [0, 0.05) is 25.8 Å². The number of nitrogens with zero attached hydrogens (tertiary/aromatic N) is 2. The Kier molecular flexibility index (Phi) is 6.80. The van der Waals surface area contributed by atoms with Gasteiger partial charge in [0.1, 0.15) is 5.82 Å². The molecule has 1 heterocycles. The molecule has 0 unspecified atom stereocenters. The van der Waals surface area contributed by atoms with E-state index in [1.165, 1.54) is 16.6 Å². The molecule has 0 radical (unpaired) electrons. The zero-order valence-electron chi connectivity index (χ0n) is 17.0. The number of hydrogen-bond donors (Lipinski definition) is 2. The Hall–Kier alpha value is -2.87. The van der Waals surface area contributed by atoms with Crippen molar-refractivity contribution in [2.45, 2.75) is 34.2 Å². The number of rotatable bonds is 7. The highest BCUT2D eigenvalue weighted by Crippen LogP contribution is 2.22. The number of ether oxygens (including phenoxy) is 1. The lowest BCUT2D eigenvalue weighted by Gasteiger charge is -2.25. The number of methoxy groups -OCH3 is 1. The minimum absolute atomic E-state index is 0.0304. The fraction of sp³-hybridized carbons (Fsp3) is 0.450. The number of hydrogen-bond acceptors (Lipinski definition) is 5. The maximum atomic E-state index is 13.3. The van der Waals surface area contributed by atoms with E-state index in [1.54, 1.807) is 12.1 Å². The summed E-state index contributed by atoms with van der Waals surface area (Å²) >= 11 is 0. The normalized spacial score (nSPS) is 11.1. The van der Waals surface area contributed by atoms with Gasteiger partial charge in [0.2, 0.25) is 0 Å². The molecule has 0 aliphatic heterocycles. The van der Waals surface area contributed by atoms with Gasteiger partial charge in [-0.15, -0.1) is 0 Å². The molecule has 3 N–H and O–H groups in total. The summed E-state index contributed by atoms with van der Waals surface area (Å²) in [7, 11) is 1.51. The highest BCUT2D eigenvalue weighted by Gasteiger charge is 2.26. The summed E-state index contributed by atoms with van der Waals surface area (Å²) in [5, 5.41) is 0. The van der Waals surface area contributed by atoms with Gasteiger partial charge < -0.3 is 10.5 Å². The first-order valence-electron chi connectivity index (χ1n) is 9.18. The number of H-pyrrole nitrogens is 1. The van der Waals surface area contributed by atoms with Crippen LogP contribution < -0.4 is 21.9 Å². The molecule has 0 saturated carbocycles. The number of amides is 1.